The number of benzene rings is 2. The van der Waals surface area contributed by atoms with E-state index >= 15 is 0 Å². The summed E-state index contributed by atoms with van der Waals surface area (Å²) in [6.07, 6.45) is 2.36. The Kier molecular flexibility index (Phi) is 8.06. The maximum absolute atomic E-state index is 12.9. The number of anilines is 1. The van der Waals surface area contributed by atoms with Crippen molar-refractivity contribution in [3.63, 3.8) is 0 Å². The number of ether oxygens (including phenoxy) is 2. The fourth-order valence-electron chi connectivity index (χ4n) is 4.55. The van der Waals surface area contributed by atoms with Crippen molar-refractivity contribution < 1.29 is 19.1 Å². The van der Waals surface area contributed by atoms with E-state index < -0.39 is 0 Å². The molecule has 2 aromatic rings. The third-order valence-corrected chi connectivity index (χ3v) is 6.48. The van der Waals surface area contributed by atoms with Gasteiger partial charge < -0.3 is 20.1 Å². The molecule has 182 valence electrons. The topological polar surface area (TPSA) is 79.9 Å². The Balaban J connectivity index is 1.29. The minimum atomic E-state index is -0.112. The van der Waals surface area contributed by atoms with Crippen LogP contribution in [0.15, 0.2) is 48.5 Å². The number of nitrogens with zero attached hydrogens (tertiary/aromatic N) is 1. The van der Waals surface area contributed by atoms with Crippen LogP contribution in [-0.4, -0.2) is 49.6 Å². The van der Waals surface area contributed by atoms with E-state index in [1.807, 2.05) is 48.5 Å². The quantitative estimate of drug-likeness (QED) is 0.646. The SMILES string of the molecule is CC(C)[C@H](NC(=O)CN1CCC(C(=O)Nc2ccccc2)CC1)c1ccc2c(c1)OCCCO2. The van der Waals surface area contributed by atoms with Gasteiger partial charge in [0.1, 0.15) is 0 Å². The average molecular weight is 466 g/mol. The van der Waals surface area contributed by atoms with Gasteiger partial charge >= 0.3 is 0 Å². The number of rotatable bonds is 7. The molecular weight excluding hydrogens is 430 g/mol. The highest BCUT2D eigenvalue weighted by atomic mass is 16.5. The van der Waals surface area contributed by atoms with Gasteiger partial charge in [-0.1, -0.05) is 38.1 Å². The van der Waals surface area contributed by atoms with Crippen molar-refractivity contribution in [2.24, 2.45) is 11.8 Å². The van der Waals surface area contributed by atoms with Crippen LogP contribution in [0.1, 0.15) is 44.7 Å². The third kappa shape index (κ3) is 6.29. The van der Waals surface area contributed by atoms with Crippen LogP contribution < -0.4 is 20.1 Å². The second-order valence-corrected chi connectivity index (χ2v) is 9.45. The monoisotopic (exact) mass is 465 g/mol. The predicted molar refractivity (Wildman–Crippen MR) is 132 cm³/mol. The molecule has 7 heteroatoms. The molecule has 4 rings (SSSR count). The van der Waals surface area contributed by atoms with Crippen LogP contribution in [0.4, 0.5) is 5.69 Å². The molecule has 34 heavy (non-hydrogen) atoms. The van der Waals surface area contributed by atoms with Gasteiger partial charge in [-0.3, -0.25) is 14.5 Å². The third-order valence-electron chi connectivity index (χ3n) is 6.48. The van der Waals surface area contributed by atoms with E-state index in [-0.39, 0.29) is 29.7 Å². The molecule has 0 unspecified atom stereocenters. The van der Waals surface area contributed by atoms with Crippen LogP contribution in [-0.2, 0) is 9.59 Å². The van der Waals surface area contributed by atoms with E-state index in [1.54, 1.807) is 0 Å². The smallest absolute Gasteiger partial charge is 0.234 e. The summed E-state index contributed by atoms with van der Waals surface area (Å²) >= 11 is 0. The fraction of sp³-hybridized carbons (Fsp3) is 0.481. The lowest BCUT2D eigenvalue weighted by Crippen LogP contribution is -2.44. The molecule has 1 atom stereocenters. The van der Waals surface area contributed by atoms with Crippen LogP contribution in [0, 0.1) is 11.8 Å². The average Bonchev–Trinajstić information content (AvgIpc) is 3.08. The maximum atomic E-state index is 12.9. The molecule has 0 aromatic heterocycles. The van der Waals surface area contributed by atoms with Gasteiger partial charge in [0.15, 0.2) is 11.5 Å². The van der Waals surface area contributed by atoms with Crippen molar-refractivity contribution in [2.75, 3.05) is 38.2 Å². The molecule has 0 saturated carbocycles. The number of carbonyl (C=O) groups excluding carboxylic acids is 2. The minimum Gasteiger partial charge on any atom is -0.490 e. The predicted octanol–water partition coefficient (Wildman–Crippen LogP) is 4.01. The molecule has 7 nitrogen and oxygen atoms in total. The van der Waals surface area contributed by atoms with E-state index in [0.717, 1.165) is 55.1 Å². The van der Waals surface area contributed by atoms with E-state index in [4.69, 9.17) is 9.47 Å². The molecule has 0 radical (unpaired) electrons. The summed E-state index contributed by atoms with van der Waals surface area (Å²) in [5.41, 5.74) is 1.84. The normalized spacial score (nSPS) is 17.6. The van der Waals surface area contributed by atoms with E-state index in [2.05, 4.69) is 29.4 Å². The number of hydrogen-bond donors (Lipinski definition) is 2. The molecule has 2 N–H and O–H groups in total. The maximum Gasteiger partial charge on any atom is 0.234 e. The first-order valence-electron chi connectivity index (χ1n) is 12.3. The fourth-order valence-corrected chi connectivity index (χ4v) is 4.55. The lowest BCUT2D eigenvalue weighted by Gasteiger charge is -2.31. The van der Waals surface area contributed by atoms with Crippen molar-refractivity contribution in [3.8, 4) is 11.5 Å². The van der Waals surface area contributed by atoms with Gasteiger partial charge in [0.2, 0.25) is 11.8 Å². The first kappa shape index (κ1) is 24.1. The number of piperidine rings is 1. The molecular formula is C27H35N3O4. The molecule has 1 fully saturated rings. The molecule has 2 aliphatic heterocycles. The number of amides is 2. The highest BCUT2D eigenvalue weighted by molar-refractivity contribution is 5.92. The summed E-state index contributed by atoms with van der Waals surface area (Å²) in [6.45, 7) is 7.29. The van der Waals surface area contributed by atoms with E-state index in [0.29, 0.717) is 19.8 Å². The lowest BCUT2D eigenvalue weighted by atomic mass is 9.95. The molecule has 0 aliphatic carbocycles. The number of likely N-dealkylation sites (tertiary alicyclic amines) is 1. The van der Waals surface area contributed by atoms with E-state index in [9.17, 15) is 9.59 Å². The van der Waals surface area contributed by atoms with Crippen molar-refractivity contribution in [1.29, 1.82) is 0 Å². The molecule has 2 aliphatic rings. The molecule has 0 spiro atoms. The summed E-state index contributed by atoms with van der Waals surface area (Å²) in [5.74, 6) is 1.76. The molecule has 1 saturated heterocycles. The van der Waals surface area contributed by atoms with Crippen LogP contribution in [0.5, 0.6) is 11.5 Å². The molecule has 0 bridgehead atoms. The summed E-state index contributed by atoms with van der Waals surface area (Å²) in [6, 6.07) is 15.4. The van der Waals surface area contributed by atoms with Gasteiger partial charge in [-0.2, -0.15) is 0 Å². The lowest BCUT2D eigenvalue weighted by molar-refractivity contribution is -0.124. The Labute approximate surface area is 201 Å². The summed E-state index contributed by atoms with van der Waals surface area (Å²) in [4.78, 5) is 27.6. The van der Waals surface area contributed by atoms with Crippen molar-refractivity contribution in [1.82, 2.24) is 10.2 Å². The number of para-hydroxylation sites is 1. The highest BCUT2D eigenvalue weighted by Gasteiger charge is 2.27. The zero-order valence-corrected chi connectivity index (χ0v) is 20.1. The Hall–Kier alpha value is -3.06. The van der Waals surface area contributed by atoms with Crippen molar-refractivity contribution in [3.05, 3.63) is 54.1 Å². The minimum absolute atomic E-state index is 0.00185. The number of carbonyl (C=O) groups is 2. The van der Waals surface area contributed by atoms with Crippen LogP contribution in [0.3, 0.4) is 0 Å². The highest BCUT2D eigenvalue weighted by Crippen LogP contribution is 2.34. The first-order valence-corrected chi connectivity index (χ1v) is 12.3. The second-order valence-electron chi connectivity index (χ2n) is 9.45. The molecule has 2 aromatic carbocycles. The zero-order valence-electron chi connectivity index (χ0n) is 20.1. The van der Waals surface area contributed by atoms with Gasteiger partial charge in [-0.05, 0) is 61.7 Å². The number of fused-ring (bicyclic) bond motifs is 1. The summed E-state index contributed by atoms with van der Waals surface area (Å²) < 4.78 is 11.6. The Morgan fingerprint density at radius 1 is 1.00 bits per heavy atom. The van der Waals surface area contributed by atoms with Crippen molar-refractivity contribution >= 4 is 17.5 Å². The largest absolute Gasteiger partial charge is 0.490 e. The van der Waals surface area contributed by atoms with Crippen LogP contribution in [0.25, 0.3) is 0 Å². The number of nitrogens with one attached hydrogen (secondary N) is 2. The van der Waals surface area contributed by atoms with Gasteiger partial charge in [-0.15, -0.1) is 0 Å². The van der Waals surface area contributed by atoms with Gasteiger partial charge in [-0.25, -0.2) is 0 Å². The standard InChI is InChI=1S/C27H35N3O4/c1-19(2)26(21-9-10-23-24(17-21)34-16-6-15-33-23)29-25(31)18-30-13-11-20(12-14-30)27(32)28-22-7-4-3-5-8-22/h3-5,7-10,17,19-20,26H,6,11-16,18H2,1-2H3,(H,28,32)(H,29,31)/t26-/m0/s1. The zero-order chi connectivity index (χ0) is 23.9. The Morgan fingerprint density at radius 2 is 1.71 bits per heavy atom. The first-order chi connectivity index (χ1) is 16.5. The van der Waals surface area contributed by atoms with Crippen LogP contribution >= 0.6 is 0 Å². The number of hydrogen-bond acceptors (Lipinski definition) is 5. The van der Waals surface area contributed by atoms with Crippen LogP contribution in [0.2, 0.25) is 0 Å². The summed E-state index contributed by atoms with van der Waals surface area (Å²) in [7, 11) is 0. The van der Waals surface area contributed by atoms with Gasteiger partial charge in [0.25, 0.3) is 0 Å². The van der Waals surface area contributed by atoms with Gasteiger partial charge in [0, 0.05) is 18.0 Å². The Bertz CT molecular complexity index is 971. The second kappa shape index (κ2) is 11.4. The van der Waals surface area contributed by atoms with Crippen molar-refractivity contribution in [2.45, 2.75) is 39.2 Å². The molecule has 2 heterocycles. The summed E-state index contributed by atoms with van der Waals surface area (Å²) in [5, 5.41) is 6.21. The van der Waals surface area contributed by atoms with E-state index in [1.165, 1.54) is 0 Å². The van der Waals surface area contributed by atoms with Gasteiger partial charge in [0.05, 0.1) is 25.8 Å². The molecule has 2 amide bonds. The Morgan fingerprint density at radius 3 is 2.41 bits per heavy atom.